The van der Waals surface area contributed by atoms with Crippen molar-refractivity contribution < 1.29 is 13.9 Å². The van der Waals surface area contributed by atoms with Gasteiger partial charge in [-0.15, -0.1) is 0 Å². The van der Waals surface area contributed by atoms with Crippen LogP contribution in [-0.2, 0) is 9.47 Å². The summed E-state index contributed by atoms with van der Waals surface area (Å²) in [6, 6.07) is 7.89. The Morgan fingerprint density at radius 2 is 2.21 bits per heavy atom. The van der Waals surface area contributed by atoms with Crippen molar-refractivity contribution in [3.63, 3.8) is 0 Å². The molecule has 19 heavy (non-hydrogen) atoms. The number of rotatable bonds is 7. The maximum atomic E-state index is 5.86. The van der Waals surface area contributed by atoms with Gasteiger partial charge in [0.25, 0.3) is 0 Å². The number of furan rings is 1. The Labute approximate surface area is 112 Å². The molecule has 0 saturated heterocycles. The van der Waals surface area contributed by atoms with Crippen LogP contribution in [-0.4, -0.2) is 26.9 Å². The molecule has 1 aromatic heterocycles. The van der Waals surface area contributed by atoms with Crippen molar-refractivity contribution in [3.05, 3.63) is 35.6 Å². The van der Waals surface area contributed by atoms with E-state index in [4.69, 9.17) is 19.7 Å². The van der Waals surface area contributed by atoms with Crippen molar-refractivity contribution in [3.8, 4) is 0 Å². The zero-order chi connectivity index (χ0) is 13.7. The molecule has 0 spiro atoms. The van der Waals surface area contributed by atoms with Crippen molar-refractivity contribution in [2.24, 2.45) is 5.84 Å². The van der Waals surface area contributed by atoms with E-state index in [0.29, 0.717) is 19.8 Å². The molecule has 0 saturated carbocycles. The predicted octanol–water partition coefficient (Wildman–Crippen LogP) is 1.91. The summed E-state index contributed by atoms with van der Waals surface area (Å²) >= 11 is 0. The standard InChI is InChI=1S/C14H20N2O3/c1-10-4-3-5-11-8-13(19-14(10)11)12(16-15)9-18-7-6-17-2/h3-5,8,12,16H,6-7,9,15H2,1-2H3. The van der Waals surface area contributed by atoms with E-state index in [1.807, 2.05) is 31.2 Å². The second-order valence-electron chi connectivity index (χ2n) is 4.43. The third kappa shape index (κ3) is 3.33. The molecule has 0 amide bonds. The average Bonchev–Trinajstić information content (AvgIpc) is 2.84. The Balaban J connectivity index is 2.10. The monoisotopic (exact) mass is 264 g/mol. The fraction of sp³-hybridized carbons (Fsp3) is 0.429. The van der Waals surface area contributed by atoms with E-state index in [1.54, 1.807) is 7.11 Å². The maximum Gasteiger partial charge on any atom is 0.137 e. The van der Waals surface area contributed by atoms with Crippen LogP contribution in [0.15, 0.2) is 28.7 Å². The van der Waals surface area contributed by atoms with Gasteiger partial charge < -0.3 is 13.9 Å². The molecule has 0 aliphatic heterocycles. The Kier molecular flexibility index (Phi) is 4.93. The normalized spacial score (nSPS) is 13.0. The molecule has 2 aromatic rings. The van der Waals surface area contributed by atoms with E-state index in [9.17, 15) is 0 Å². The van der Waals surface area contributed by atoms with Crippen molar-refractivity contribution in [1.29, 1.82) is 0 Å². The molecular formula is C14H20N2O3. The number of para-hydroxylation sites is 1. The van der Waals surface area contributed by atoms with Crippen LogP contribution in [0.3, 0.4) is 0 Å². The first kappa shape index (κ1) is 14.0. The molecule has 5 nitrogen and oxygen atoms in total. The van der Waals surface area contributed by atoms with Gasteiger partial charge in [-0.05, 0) is 18.6 Å². The third-order valence-electron chi connectivity index (χ3n) is 3.02. The minimum Gasteiger partial charge on any atom is -0.459 e. The number of nitrogens with two attached hydrogens (primary N) is 1. The number of methoxy groups -OCH3 is 1. The number of hydrazine groups is 1. The van der Waals surface area contributed by atoms with E-state index in [0.717, 1.165) is 22.3 Å². The molecular weight excluding hydrogens is 244 g/mol. The van der Waals surface area contributed by atoms with Crippen LogP contribution in [0.25, 0.3) is 11.0 Å². The Bertz CT molecular complexity index is 524. The SMILES string of the molecule is COCCOCC(NN)c1cc2cccc(C)c2o1. The summed E-state index contributed by atoms with van der Waals surface area (Å²) < 4.78 is 16.3. The molecule has 0 radical (unpaired) electrons. The number of fused-ring (bicyclic) bond motifs is 1. The van der Waals surface area contributed by atoms with Gasteiger partial charge in [-0.25, -0.2) is 5.43 Å². The highest BCUT2D eigenvalue weighted by atomic mass is 16.5. The summed E-state index contributed by atoms with van der Waals surface area (Å²) in [5, 5.41) is 1.08. The first-order valence-electron chi connectivity index (χ1n) is 6.28. The number of nitrogens with one attached hydrogen (secondary N) is 1. The molecule has 0 bridgehead atoms. The van der Waals surface area contributed by atoms with Crippen LogP contribution in [0, 0.1) is 6.92 Å². The molecule has 3 N–H and O–H groups in total. The summed E-state index contributed by atoms with van der Waals surface area (Å²) in [5.41, 5.74) is 4.72. The van der Waals surface area contributed by atoms with Crippen molar-refractivity contribution in [1.82, 2.24) is 5.43 Å². The lowest BCUT2D eigenvalue weighted by atomic mass is 10.1. The molecule has 2 rings (SSSR count). The number of hydrogen-bond donors (Lipinski definition) is 2. The molecule has 1 atom stereocenters. The first-order valence-corrected chi connectivity index (χ1v) is 6.28. The number of ether oxygens (including phenoxy) is 2. The number of benzene rings is 1. The lowest BCUT2D eigenvalue weighted by molar-refractivity contribution is 0.0557. The maximum absolute atomic E-state index is 5.86. The fourth-order valence-corrected chi connectivity index (χ4v) is 1.96. The number of hydrogen-bond acceptors (Lipinski definition) is 5. The van der Waals surface area contributed by atoms with Gasteiger partial charge in [0, 0.05) is 12.5 Å². The molecule has 1 aromatic carbocycles. The quantitative estimate of drug-likeness (QED) is 0.454. The van der Waals surface area contributed by atoms with Crippen LogP contribution in [0.5, 0.6) is 0 Å². The van der Waals surface area contributed by atoms with Gasteiger partial charge in [-0.2, -0.15) is 0 Å². The van der Waals surface area contributed by atoms with E-state index in [-0.39, 0.29) is 6.04 Å². The fourth-order valence-electron chi connectivity index (χ4n) is 1.96. The summed E-state index contributed by atoms with van der Waals surface area (Å²) in [6.45, 7) is 3.57. The summed E-state index contributed by atoms with van der Waals surface area (Å²) in [5.74, 6) is 6.34. The van der Waals surface area contributed by atoms with Gasteiger partial charge in [0.1, 0.15) is 17.4 Å². The lowest BCUT2D eigenvalue weighted by Crippen LogP contribution is -2.31. The lowest BCUT2D eigenvalue weighted by Gasteiger charge is -2.13. The molecule has 5 heteroatoms. The van der Waals surface area contributed by atoms with Gasteiger partial charge in [0.2, 0.25) is 0 Å². The van der Waals surface area contributed by atoms with E-state index < -0.39 is 0 Å². The van der Waals surface area contributed by atoms with Crippen molar-refractivity contribution in [2.45, 2.75) is 13.0 Å². The molecule has 1 unspecified atom stereocenters. The average molecular weight is 264 g/mol. The predicted molar refractivity (Wildman–Crippen MR) is 73.7 cm³/mol. The van der Waals surface area contributed by atoms with Gasteiger partial charge >= 0.3 is 0 Å². The summed E-state index contributed by atoms with van der Waals surface area (Å²) in [6.07, 6.45) is 0. The first-order chi connectivity index (χ1) is 9.26. The van der Waals surface area contributed by atoms with Crippen LogP contribution >= 0.6 is 0 Å². The smallest absolute Gasteiger partial charge is 0.137 e. The third-order valence-corrected chi connectivity index (χ3v) is 3.02. The van der Waals surface area contributed by atoms with Gasteiger partial charge in [0.05, 0.1) is 19.8 Å². The van der Waals surface area contributed by atoms with Gasteiger partial charge in [-0.3, -0.25) is 5.84 Å². The Morgan fingerprint density at radius 3 is 2.89 bits per heavy atom. The summed E-state index contributed by atoms with van der Waals surface area (Å²) in [4.78, 5) is 0. The van der Waals surface area contributed by atoms with E-state index in [1.165, 1.54) is 0 Å². The molecule has 0 fully saturated rings. The number of aryl methyl sites for hydroxylation is 1. The molecule has 0 aliphatic carbocycles. The van der Waals surface area contributed by atoms with Crippen LogP contribution in [0.4, 0.5) is 0 Å². The van der Waals surface area contributed by atoms with Crippen molar-refractivity contribution in [2.75, 3.05) is 26.9 Å². The highest BCUT2D eigenvalue weighted by Crippen LogP contribution is 2.26. The second-order valence-corrected chi connectivity index (χ2v) is 4.43. The highest BCUT2D eigenvalue weighted by Gasteiger charge is 2.15. The second kappa shape index (κ2) is 6.68. The Hall–Kier alpha value is -1.40. The molecule has 1 heterocycles. The van der Waals surface area contributed by atoms with Gasteiger partial charge in [-0.1, -0.05) is 18.2 Å². The minimum absolute atomic E-state index is 0.163. The van der Waals surface area contributed by atoms with Crippen LogP contribution < -0.4 is 11.3 Å². The zero-order valence-electron chi connectivity index (χ0n) is 11.3. The largest absolute Gasteiger partial charge is 0.459 e. The highest BCUT2D eigenvalue weighted by molar-refractivity contribution is 5.80. The zero-order valence-corrected chi connectivity index (χ0v) is 11.3. The molecule has 0 aliphatic rings. The van der Waals surface area contributed by atoms with E-state index >= 15 is 0 Å². The van der Waals surface area contributed by atoms with Crippen LogP contribution in [0.1, 0.15) is 17.4 Å². The Morgan fingerprint density at radius 1 is 1.37 bits per heavy atom. The minimum atomic E-state index is -0.163. The van der Waals surface area contributed by atoms with Gasteiger partial charge in [0.15, 0.2) is 0 Å². The van der Waals surface area contributed by atoms with Crippen LogP contribution in [0.2, 0.25) is 0 Å². The van der Waals surface area contributed by atoms with Crippen molar-refractivity contribution >= 4 is 11.0 Å². The molecule has 104 valence electrons. The van der Waals surface area contributed by atoms with E-state index in [2.05, 4.69) is 5.43 Å². The summed E-state index contributed by atoms with van der Waals surface area (Å²) in [7, 11) is 1.64. The topological polar surface area (TPSA) is 69.7 Å².